The van der Waals surface area contributed by atoms with Gasteiger partial charge in [-0.1, -0.05) is 52.3 Å². The molecule has 0 aromatic heterocycles. The predicted octanol–water partition coefficient (Wildman–Crippen LogP) is 4.38. The number of benzene rings is 2. The number of carbonyl (C=O) groups excluding carboxylic acids is 1. The fourth-order valence-corrected chi connectivity index (χ4v) is 2.27. The smallest absolute Gasteiger partial charge is 0.331 e. The van der Waals surface area contributed by atoms with E-state index in [0.29, 0.717) is 0 Å². The van der Waals surface area contributed by atoms with Crippen LogP contribution in [0.4, 0.5) is 5.69 Å². The molecule has 110 valence electrons. The third-order valence-electron chi connectivity index (χ3n) is 3.06. The summed E-state index contributed by atoms with van der Waals surface area (Å²) in [5.41, 5.74) is 1.05. The number of ether oxygens (including phenoxy) is 1. The Morgan fingerprint density at radius 2 is 1.71 bits per heavy atom. The second-order valence-corrected chi connectivity index (χ2v) is 6.14. The van der Waals surface area contributed by atoms with Crippen LogP contribution in [0.2, 0.25) is 0 Å². The Bertz CT molecular complexity index is 611. The van der Waals surface area contributed by atoms with E-state index in [4.69, 9.17) is 4.74 Å². The van der Waals surface area contributed by atoms with Gasteiger partial charge in [-0.05, 0) is 32.0 Å². The van der Waals surface area contributed by atoms with Gasteiger partial charge in [0.2, 0.25) is 0 Å². The van der Waals surface area contributed by atoms with E-state index in [1.54, 1.807) is 0 Å². The van der Waals surface area contributed by atoms with Crippen LogP contribution in [0.3, 0.4) is 0 Å². The maximum atomic E-state index is 12.3. The monoisotopic (exact) mass is 347 g/mol. The molecule has 2 aromatic carbocycles. The molecule has 1 N–H and O–H groups in total. The second-order valence-electron chi connectivity index (χ2n) is 5.28. The quantitative estimate of drug-likeness (QED) is 0.815. The predicted molar refractivity (Wildman–Crippen MR) is 88.1 cm³/mol. The summed E-state index contributed by atoms with van der Waals surface area (Å²) < 4.78 is 6.35. The average molecular weight is 348 g/mol. The molecule has 0 aliphatic heterocycles. The van der Waals surface area contributed by atoms with Gasteiger partial charge >= 0.3 is 5.97 Å². The van der Waals surface area contributed by atoms with Gasteiger partial charge in [0.05, 0.1) is 0 Å². The van der Waals surface area contributed by atoms with E-state index in [9.17, 15) is 4.79 Å². The van der Waals surface area contributed by atoms with E-state index in [0.717, 1.165) is 15.7 Å². The van der Waals surface area contributed by atoms with Gasteiger partial charge in [-0.25, -0.2) is 4.79 Å². The number of hydrogen-bond donors (Lipinski definition) is 1. The molecule has 0 atom stereocenters. The number of halogens is 1. The van der Waals surface area contributed by atoms with Crippen LogP contribution in [0.5, 0.6) is 0 Å². The molecule has 0 radical (unpaired) electrons. The first kappa shape index (κ1) is 15.6. The van der Waals surface area contributed by atoms with Gasteiger partial charge in [0.25, 0.3) is 0 Å². The molecule has 0 spiro atoms. The van der Waals surface area contributed by atoms with Crippen molar-refractivity contribution in [1.82, 2.24) is 0 Å². The van der Waals surface area contributed by atoms with Gasteiger partial charge < -0.3 is 10.1 Å². The molecule has 0 aliphatic carbocycles. The number of carbonyl (C=O) groups is 1. The van der Waals surface area contributed by atoms with Gasteiger partial charge in [0.15, 0.2) is 0 Å². The first-order chi connectivity index (χ1) is 9.99. The van der Waals surface area contributed by atoms with E-state index >= 15 is 0 Å². The number of anilines is 1. The first-order valence-electron chi connectivity index (χ1n) is 6.73. The molecule has 0 fully saturated rings. The molecular weight excluding hydrogens is 330 g/mol. The van der Waals surface area contributed by atoms with Crippen molar-refractivity contribution in [3.8, 4) is 0 Å². The molecule has 0 amide bonds. The van der Waals surface area contributed by atoms with Crippen molar-refractivity contribution in [2.24, 2.45) is 0 Å². The van der Waals surface area contributed by atoms with Gasteiger partial charge in [-0.2, -0.15) is 0 Å². The molecule has 0 heterocycles. The van der Waals surface area contributed by atoms with Crippen molar-refractivity contribution in [1.29, 1.82) is 0 Å². The molecule has 0 bridgehead atoms. The van der Waals surface area contributed by atoms with Crippen LogP contribution >= 0.6 is 15.9 Å². The third kappa shape index (κ3) is 4.33. The average Bonchev–Trinajstić information content (AvgIpc) is 2.46. The number of nitrogens with one attached hydrogen (secondary N) is 1. The fraction of sp³-hybridized carbons (Fsp3) is 0.235. The Hall–Kier alpha value is -1.81. The van der Waals surface area contributed by atoms with E-state index < -0.39 is 5.54 Å². The van der Waals surface area contributed by atoms with Crippen LogP contribution in [0, 0.1) is 0 Å². The zero-order valence-electron chi connectivity index (χ0n) is 12.1. The van der Waals surface area contributed by atoms with Gasteiger partial charge in [0, 0.05) is 15.7 Å². The van der Waals surface area contributed by atoms with Crippen LogP contribution < -0.4 is 5.32 Å². The molecule has 2 rings (SSSR count). The van der Waals surface area contributed by atoms with E-state index in [2.05, 4.69) is 21.2 Å². The number of esters is 1. The lowest BCUT2D eigenvalue weighted by molar-refractivity contribution is -0.149. The topological polar surface area (TPSA) is 38.3 Å². The first-order valence-corrected chi connectivity index (χ1v) is 7.52. The maximum absolute atomic E-state index is 12.3. The number of hydrogen-bond acceptors (Lipinski definition) is 3. The SMILES string of the molecule is CC(C)(Nc1ccccc1)C(=O)OCc1ccccc1Br. The highest BCUT2D eigenvalue weighted by molar-refractivity contribution is 9.10. The number of para-hydroxylation sites is 1. The molecule has 0 aliphatic rings. The highest BCUT2D eigenvalue weighted by Crippen LogP contribution is 2.19. The molecule has 0 unspecified atom stereocenters. The minimum atomic E-state index is -0.789. The normalized spacial score (nSPS) is 11.0. The van der Waals surface area contributed by atoms with Crippen LogP contribution in [-0.2, 0) is 16.1 Å². The third-order valence-corrected chi connectivity index (χ3v) is 3.83. The summed E-state index contributed by atoms with van der Waals surface area (Å²) in [4.78, 5) is 12.3. The van der Waals surface area contributed by atoms with E-state index in [1.807, 2.05) is 68.4 Å². The highest BCUT2D eigenvalue weighted by Gasteiger charge is 2.29. The highest BCUT2D eigenvalue weighted by atomic mass is 79.9. The second kappa shape index (κ2) is 6.76. The summed E-state index contributed by atoms with van der Waals surface area (Å²) in [6, 6.07) is 17.3. The Morgan fingerprint density at radius 3 is 2.38 bits per heavy atom. The molecule has 0 saturated carbocycles. The van der Waals surface area contributed by atoms with E-state index in [-0.39, 0.29) is 12.6 Å². The molecule has 2 aromatic rings. The fourth-order valence-electron chi connectivity index (χ4n) is 1.87. The largest absolute Gasteiger partial charge is 0.459 e. The Balaban J connectivity index is 1.97. The van der Waals surface area contributed by atoms with Crippen LogP contribution in [0.15, 0.2) is 59.1 Å². The van der Waals surface area contributed by atoms with E-state index in [1.165, 1.54) is 0 Å². The van der Waals surface area contributed by atoms with Crippen molar-refractivity contribution in [2.75, 3.05) is 5.32 Å². The maximum Gasteiger partial charge on any atom is 0.331 e. The summed E-state index contributed by atoms with van der Waals surface area (Å²) >= 11 is 3.44. The Labute approximate surface area is 133 Å². The molecular formula is C17H18BrNO2. The van der Waals surface area contributed by atoms with Crippen LogP contribution in [0.25, 0.3) is 0 Å². The zero-order valence-corrected chi connectivity index (χ0v) is 13.7. The lowest BCUT2D eigenvalue weighted by Crippen LogP contribution is -2.41. The van der Waals surface area contributed by atoms with Gasteiger partial charge in [0.1, 0.15) is 12.1 Å². The summed E-state index contributed by atoms with van der Waals surface area (Å²) in [5.74, 6) is -0.290. The van der Waals surface area contributed by atoms with Gasteiger partial charge in [-0.15, -0.1) is 0 Å². The van der Waals surface area contributed by atoms with Crippen molar-refractivity contribution in [3.05, 3.63) is 64.6 Å². The van der Waals surface area contributed by atoms with Crippen molar-refractivity contribution < 1.29 is 9.53 Å². The summed E-state index contributed by atoms with van der Waals surface area (Å²) in [7, 11) is 0. The minimum absolute atomic E-state index is 0.250. The Morgan fingerprint density at radius 1 is 1.10 bits per heavy atom. The van der Waals surface area contributed by atoms with Crippen molar-refractivity contribution in [2.45, 2.75) is 26.0 Å². The molecule has 4 heteroatoms. The molecule has 3 nitrogen and oxygen atoms in total. The molecule has 0 saturated heterocycles. The Kier molecular flexibility index (Phi) is 5.02. The standard InChI is InChI=1S/C17H18BrNO2/c1-17(2,19-14-9-4-3-5-10-14)16(20)21-12-13-8-6-7-11-15(13)18/h3-11,19H,12H2,1-2H3. The summed E-state index contributed by atoms with van der Waals surface area (Å²) in [5, 5.41) is 3.18. The summed E-state index contributed by atoms with van der Waals surface area (Å²) in [6.07, 6.45) is 0. The van der Waals surface area contributed by atoms with Crippen molar-refractivity contribution >= 4 is 27.6 Å². The molecule has 21 heavy (non-hydrogen) atoms. The van der Waals surface area contributed by atoms with Gasteiger partial charge in [-0.3, -0.25) is 0 Å². The minimum Gasteiger partial charge on any atom is -0.459 e. The zero-order chi connectivity index (χ0) is 15.3. The number of rotatable bonds is 5. The van der Waals surface area contributed by atoms with Crippen LogP contribution in [-0.4, -0.2) is 11.5 Å². The lowest BCUT2D eigenvalue weighted by Gasteiger charge is -2.25. The lowest BCUT2D eigenvalue weighted by atomic mass is 10.1. The van der Waals surface area contributed by atoms with Crippen molar-refractivity contribution in [3.63, 3.8) is 0 Å². The van der Waals surface area contributed by atoms with Crippen LogP contribution in [0.1, 0.15) is 19.4 Å². The summed E-state index contributed by atoms with van der Waals surface area (Å²) in [6.45, 7) is 3.87.